The van der Waals surface area contributed by atoms with Crippen molar-refractivity contribution in [2.75, 3.05) is 19.8 Å². The average molecular weight is 302 g/mol. The molecule has 6 heteroatoms. The molecule has 0 heterocycles. The summed E-state index contributed by atoms with van der Waals surface area (Å²) in [5, 5.41) is 0. The van der Waals surface area contributed by atoms with Gasteiger partial charge in [-0.2, -0.15) is 0 Å². The third kappa shape index (κ3) is 9.87. The van der Waals surface area contributed by atoms with E-state index in [1.54, 1.807) is 20.8 Å². The molecule has 0 aliphatic heterocycles. The molecule has 0 saturated heterocycles. The third-order valence-electron chi connectivity index (χ3n) is 2.86. The first-order valence-electron chi connectivity index (χ1n) is 7.52. The van der Waals surface area contributed by atoms with Crippen LogP contribution in [0.2, 0.25) is 0 Å². The van der Waals surface area contributed by atoms with Crippen LogP contribution < -0.4 is 0 Å². The van der Waals surface area contributed by atoms with E-state index in [1.165, 1.54) is 0 Å². The number of hydrogen-bond donors (Lipinski definition) is 0. The van der Waals surface area contributed by atoms with Crippen molar-refractivity contribution >= 4 is 17.9 Å². The zero-order valence-corrected chi connectivity index (χ0v) is 13.2. The van der Waals surface area contributed by atoms with E-state index in [4.69, 9.17) is 14.2 Å². The van der Waals surface area contributed by atoms with Gasteiger partial charge in [-0.05, 0) is 40.0 Å². The first-order valence-corrected chi connectivity index (χ1v) is 7.52. The van der Waals surface area contributed by atoms with Gasteiger partial charge in [0.1, 0.15) is 0 Å². The van der Waals surface area contributed by atoms with E-state index >= 15 is 0 Å². The molecule has 21 heavy (non-hydrogen) atoms. The minimum atomic E-state index is -0.385. The highest BCUT2D eigenvalue weighted by molar-refractivity contribution is 5.74. The molecular formula is C15H26O6. The molecule has 0 aromatic heterocycles. The molecule has 0 saturated carbocycles. The number of carbonyl (C=O) groups is 3. The normalized spacial score (nSPS) is 11.6. The van der Waals surface area contributed by atoms with Crippen molar-refractivity contribution in [3.05, 3.63) is 0 Å². The maximum absolute atomic E-state index is 11.8. The Hall–Kier alpha value is -1.59. The van der Waals surface area contributed by atoms with Crippen LogP contribution >= 0.6 is 0 Å². The van der Waals surface area contributed by atoms with Gasteiger partial charge in [-0.25, -0.2) is 0 Å². The summed E-state index contributed by atoms with van der Waals surface area (Å²) < 4.78 is 14.7. The third-order valence-corrected chi connectivity index (χ3v) is 2.86. The minimum Gasteiger partial charge on any atom is -0.466 e. The predicted molar refractivity (Wildman–Crippen MR) is 76.5 cm³/mol. The van der Waals surface area contributed by atoms with Crippen LogP contribution in [0.4, 0.5) is 0 Å². The van der Waals surface area contributed by atoms with Crippen molar-refractivity contribution in [3.63, 3.8) is 0 Å². The van der Waals surface area contributed by atoms with E-state index in [2.05, 4.69) is 0 Å². The average Bonchev–Trinajstić information content (AvgIpc) is 2.43. The molecule has 1 unspecified atom stereocenters. The Morgan fingerprint density at radius 3 is 1.81 bits per heavy atom. The van der Waals surface area contributed by atoms with Gasteiger partial charge in [-0.1, -0.05) is 0 Å². The van der Waals surface area contributed by atoms with Gasteiger partial charge in [0.05, 0.1) is 25.7 Å². The first-order chi connectivity index (χ1) is 10.0. The molecule has 0 radical (unpaired) electrons. The van der Waals surface area contributed by atoms with Crippen LogP contribution in [0.3, 0.4) is 0 Å². The molecule has 0 bridgehead atoms. The Kier molecular flexibility index (Phi) is 11.3. The van der Waals surface area contributed by atoms with Crippen LogP contribution in [0.25, 0.3) is 0 Å². The number of hydrogen-bond acceptors (Lipinski definition) is 6. The van der Waals surface area contributed by atoms with Crippen molar-refractivity contribution in [2.24, 2.45) is 5.92 Å². The topological polar surface area (TPSA) is 78.9 Å². The molecule has 0 rings (SSSR count). The van der Waals surface area contributed by atoms with E-state index < -0.39 is 0 Å². The summed E-state index contributed by atoms with van der Waals surface area (Å²) >= 11 is 0. The molecule has 6 nitrogen and oxygen atoms in total. The lowest BCUT2D eigenvalue weighted by Gasteiger charge is -2.14. The summed E-state index contributed by atoms with van der Waals surface area (Å²) in [6.45, 7) is 6.19. The summed E-state index contributed by atoms with van der Waals surface area (Å²) in [6.07, 6.45) is 1.85. The van der Waals surface area contributed by atoms with E-state index in [1.807, 2.05) is 0 Å². The van der Waals surface area contributed by atoms with E-state index in [0.29, 0.717) is 39.1 Å². The second-order valence-electron chi connectivity index (χ2n) is 4.49. The summed E-state index contributed by atoms with van der Waals surface area (Å²) in [4.78, 5) is 34.4. The van der Waals surface area contributed by atoms with Crippen LogP contribution in [-0.2, 0) is 28.6 Å². The standard InChI is InChI=1S/C15H26O6/c1-4-19-13(16)9-7-8-12(15(18)21-6-3)10-11-14(17)20-5-2/h12H,4-11H2,1-3H3. The Morgan fingerprint density at radius 2 is 1.29 bits per heavy atom. The fourth-order valence-corrected chi connectivity index (χ4v) is 1.89. The Morgan fingerprint density at radius 1 is 0.762 bits per heavy atom. The van der Waals surface area contributed by atoms with Gasteiger partial charge in [0.25, 0.3) is 0 Å². The molecule has 0 fully saturated rings. The largest absolute Gasteiger partial charge is 0.466 e. The quantitative estimate of drug-likeness (QED) is 0.430. The Labute approximate surface area is 126 Å². The monoisotopic (exact) mass is 302 g/mol. The highest BCUT2D eigenvalue weighted by Gasteiger charge is 2.21. The van der Waals surface area contributed by atoms with E-state index in [-0.39, 0.29) is 36.7 Å². The molecule has 0 aliphatic rings. The summed E-state index contributed by atoms with van der Waals surface area (Å²) in [5.41, 5.74) is 0. The van der Waals surface area contributed by atoms with Crippen molar-refractivity contribution in [3.8, 4) is 0 Å². The first kappa shape index (κ1) is 19.4. The van der Waals surface area contributed by atoms with Gasteiger partial charge in [0.2, 0.25) is 0 Å². The van der Waals surface area contributed by atoms with Crippen molar-refractivity contribution < 1.29 is 28.6 Å². The van der Waals surface area contributed by atoms with Crippen LogP contribution in [0.1, 0.15) is 52.9 Å². The smallest absolute Gasteiger partial charge is 0.308 e. The Balaban J connectivity index is 4.23. The molecule has 0 amide bonds. The number of carbonyl (C=O) groups excluding carboxylic acids is 3. The molecule has 0 N–H and O–H groups in total. The second kappa shape index (κ2) is 12.2. The lowest BCUT2D eigenvalue weighted by molar-refractivity contribution is -0.150. The summed E-state index contributed by atoms with van der Waals surface area (Å²) in [5.74, 6) is -1.31. The molecule has 0 spiro atoms. The van der Waals surface area contributed by atoms with Crippen LogP contribution in [-0.4, -0.2) is 37.7 Å². The lowest BCUT2D eigenvalue weighted by Crippen LogP contribution is -2.20. The van der Waals surface area contributed by atoms with Gasteiger partial charge < -0.3 is 14.2 Å². The zero-order chi connectivity index (χ0) is 16.1. The fourth-order valence-electron chi connectivity index (χ4n) is 1.89. The van der Waals surface area contributed by atoms with Crippen LogP contribution in [0.15, 0.2) is 0 Å². The molecule has 0 aromatic carbocycles. The minimum absolute atomic E-state index is 0.177. The zero-order valence-electron chi connectivity index (χ0n) is 13.2. The van der Waals surface area contributed by atoms with E-state index in [9.17, 15) is 14.4 Å². The molecule has 122 valence electrons. The molecule has 1 atom stereocenters. The van der Waals surface area contributed by atoms with Crippen molar-refractivity contribution in [2.45, 2.75) is 52.9 Å². The van der Waals surface area contributed by atoms with Gasteiger partial charge in [0.15, 0.2) is 0 Å². The molecule has 0 aromatic rings. The highest BCUT2D eigenvalue weighted by atomic mass is 16.5. The summed E-state index contributed by atoms with van der Waals surface area (Å²) in [7, 11) is 0. The van der Waals surface area contributed by atoms with Crippen LogP contribution in [0, 0.1) is 5.92 Å². The van der Waals surface area contributed by atoms with Crippen LogP contribution in [0.5, 0.6) is 0 Å². The van der Waals surface area contributed by atoms with Gasteiger partial charge in [-0.3, -0.25) is 14.4 Å². The highest BCUT2D eigenvalue weighted by Crippen LogP contribution is 2.17. The fraction of sp³-hybridized carbons (Fsp3) is 0.800. The lowest BCUT2D eigenvalue weighted by atomic mass is 9.96. The Bertz CT molecular complexity index is 326. The number of esters is 3. The van der Waals surface area contributed by atoms with Crippen molar-refractivity contribution in [1.82, 2.24) is 0 Å². The SMILES string of the molecule is CCOC(=O)CCCC(CCC(=O)OCC)C(=O)OCC. The van der Waals surface area contributed by atoms with Gasteiger partial charge >= 0.3 is 17.9 Å². The summed E-state index contributed by atoms with van der Waals surface area (Å²) in [6, 6.07) is 0. The number of ether oxygens (including phenoxy) is 3. The molecular weight excluding hydrogens is 276 g/mol. The maximum atomic E-state index is 11.8. The molecule has 0 aliphatic carbocycles. The maximum Gasteiger partial charge on any atom is 0.308 e. The predicted octanol–water partition coefficient (Wildman–Crippen LogP) is 2.24. The number of rotatable bonds is 11. The van der Waals surface area contributed by atoms with Crippen molar-refractivity contribution in [1.29, 1.82) is 0 Å². The van der Waals surface area contributed by atoms with E-state index in [0.717, 1.165) is 0 Å². The van der Waals surface area contributed by atoms with Gasteiger partial charge in [-0.15, -0.1) is 0 Å². The van der Waals surface area contributed by atoms with Gasteiger partial charge in [0, 0.05) is 12.8 Å². The second-order valence-corrected chi connectivity index (χ2v) is 4.49.